The van der Waals surface area contributed by atoms with Crippen LogP contribution in [0, 0.1) is 13.8 Å². The lowest BCUT2D eigenvalue weighted by atomic mass is 10.1. The first-order chi connectivity index (χ1) is 17.4. The number of ether oxygens (including phenoxy) is 1. The van der Waals surface area contributed by atoms with E-state index in [-0.39, 0.29) is 5.56 Å². The molecule has 0 N–H and O–H groups in total. The summed E-state index contributed by atoms with van der Waals surface area (Å²) >= 11 is 6.47. The Balaban J connectivity index is 1.69. The van der Waals surface area contributed by atoms with E-state index in [0.717, 1.165) is 11.1 Å². The summed E-state index contributed by atoms with van der Waals surface area (Å²) in [5.74, 6) is 1.16. The van der Waals surface area contributed by atoms with Gasteiger partial charge in [0.2, 0.25) is 0 Å². The van der Waals surface area contributed by atoms with Gasteiger partial charge in [-0.15, -0.1) is 0 Å². The maximum absolute atomic E-state index is 14.0. The number of aryl methyl sites for hydroxylation is 2. The number of fused-ring (bicyclic) bond motifs is 4. The topological polar surface area (TPSA) is 74.8 Å². The smallest absolute Gasteiger partial charge is 0.265 e. The first kappa shape index (κ1) is 22.2. The lowest BCUT2D eigenvalue weighted by Crippen LogP contribution is -2.24. The molecular formula is C28H22ClN5O2. The standard InChI is InChI=1S/C28H22ClN5O2/c1-16-8-10-18(11-9-16)15-33-17(2)30-26-24(28(33)35)25-27(32-22-7-5-4-6-21(22)31-25)34(26)19-12-13-23(36-3)20(29)14-19/h4-14H,15H2,1-3H3. The van der Waals surface area contributed by atoms with E-state index in [9.17, 15) is 4.79 Å². The van der Waals surface area contributed by atoms with E-state index in [0.29, 0.717) is 56.5 Å². The minimum absolute atomic E-state index is 0.161. The van der Waals surface area contributed by atoms with E-state index in [1.807, 2.05) is 73.0 Å². The quantitative estimate of drug-likeness (QED) is 0.318. The van der Waals surface area contributed by atoms with Gasteiger partial charge in [0.25, 0.3) is 5.56 Å². The Hall–Kier alpha value is -4.23. The number of para-hydroxylation sites is 2. The second kappa shape index (κ2) is 8.46. The fraction of sp³-hybridized carbons (Fsp3) is 0.143. The van der Waals surface area contributed by atoms with E-state index in [4.69, 9.17) is 31.3 Å². The third kappa shape index (κ3) is 3.51. The summed E-state index contributed by atoms with van der Waals surface area (Å²) in [6.07, 6.45) is 0. The number of methoxy groups -OCH3 is 1. The van der Waals surface area contributed by atoms with Crippen LogP contribution in [0.25, 0.3) is 38.9 Å². The number of benzene rings is 3. The third-order valence-corrected chi connectivity index (χ3v) is 6.70. The van der Waals surface area contributed by atoms with Crippen molar-refractivity contribution in [2.45, 2.75) is 20.4 Å². The molecule has 0 fully saturated rings. The van der Waals surface area contributed by atoms with Gasteiger partial charge >= 0.3 is 0 Å². The molecule has 0 aliphatic carbocycles. The number of nitrogens with zero attached hydrogens (tertiary/aromatic N) is 5. The second-order valence-corrected chi connectivity index (χ2v) is 9.18. The minimum atomic E-state index is -0.161. The molecule has 0 unspecified atom stereocenters. The molecule has 7 nitrogen and oxygen atoms in total. The molecule has 0 saturated heterocycles. The molecule has 3 heterocycles. The number of aromatic nitrogens is 5. The van der Waals surface area contributed by atoms with Crippen LogP contribution in [0.4, 0.5) is 0 Å². The first-order valence-corrected chi connectivity index (χ1v) is 11.9. The molecule has 0 bridgehead atoms. The molecule has 6 rings (SSSR count). The monoisotopic (exact) mass is 495 g/mol. The molecule has 8 heteroatoms. The van der Waals surface area contributed by atoms with E-state index in [2.05, 4.69) is 0 Å². The summed E-state index contributed by atoms with van der Waals surface area (Å²) in [6.45, 7) is 4.30. The van der Waals surface area contributed by atoms with Gasteiger partial charge in [-0.1, -0.05) is 53.6 Å². The third-order valence-electron chi connectivity index (χ3n) is 6.41. The number of halogens is 1. The molecule has 3 aromatic carbocycles. The molecule has 0 saturated carbocycles. The van der Waals surface area contributed by atoms with Gasteiger partial charge < -0.3 is 4.74 Å². The minimum Gasteiger partial charge on any atom is -0.495 e. The Labute approximate surface area is 211 Å². The van der Waals surface area contributed by atoms with Crippen LogP contribution in [0.5, 0.6) is 5.75 Å². The van der Waals surface area contributed by atoms with Crippen molar-refractivity contribution in [2.24, 2.45) is 0 Å². The molecular weight excluding hydrogens is 474 g/mol. The van der Waals surface area contributed by atoms with Crippen molar-refractivity contribution >= 4 is 44.8 Å². The van der Waals surface area contributed by atoms with E-state index >= 15 is 0 Å². The zero-order valence-corrected chi connectivity index (χ0v) is 20.7. The van der Waals surface area contributed by atoms with Crippen LogP contribution in [-0.4, -0.2) is 31.2 Å². The number of hydrogen-bond donors (Lipinski definition) is 0. The number of hydrogen-bond acceptors (Lipinski definition) is 5. The molecule has 6 aromatic rings. The average Bonchev–Trinajstić information content (AvgIpc) is 3.18. The molecule has 0 atom stereocenters. The Kier molecular flexibility index (Phi) is 5.23. The van der Waals surface area contributed by atoms with Gasteiger partial charge in [0.05, 0.1) is 35.4 Å². The van der Waals surface area contributed by atoms with Gasteiger partial charge in [-0.2, -0.15) is 0 Å². The molecule has 3 aromatic heterocycles. The van der Waals surface area contributed by atoms with Gasteiger partial charge in [0, 0.05) is 0 Å². The molecule has 0 aliphatic rings. The highest BCUT2D eigenvalue weighted by molar-refractivity contribution is 6.32. The lowest BCUT2D eigenvalue weighted by molar-refractivity contribution is 0.415. The summed E-state index contributed by atoms with van der Waals surface area (Å²) in [7, 11) is 1.57. The van der Waals surface area contributed by atoms with E-state index < -0.39 is 0 Å². The van der Waals surface area contributed by atoms with Crippen molar-refractivity contribution in [2.75, 3.05) is 7.11 Å². The summed E-state index contributed by atoms with van der Waals surface area (Å²) in [5, 5.41) is 0.871. The van der Waals surface area contributed by atoms with Gasteiger partial charge in [-0.25, -0.2) is 15.0 Å². The summed E-state index contributed by atoms with van der Waals surface area (Å²) in [5.41, 5.74) is 5.72. The largest absolute Gasteiger partial charge is 0.495 e. The van der Waals surface area contributed by atoms with Gasteiger partial charge in [-0.05, 0) is 49.7 Å². The second-order valence-electron chi connectivity index (χ2n) is 8.77. The molecule has 0 aliphatic heterocycles. The normalized spacial score (nSPS) is 11.6. The Morgan fingerprint density at radius 1 is 0.889 bits per heavy atom. The zero-order chi connectivity index (χ0) is 25.0. The molecule has 178 valence electrons. The average molecular weight is 496 g/mol. The van der Waals surface area contributed by atoms with Crippen LogP contribution in [0.1, 0.15) is 17.0 Å². The molecule has 0 amide bonds. The molecule has 0 spiro atoms. The van der Waals surface area contributed by atoms with Crippen molar-refractivity contribution in [1.29, 1.82) is 0 Å². The van der Waals surface area contributed by atoms with Crippen molar-refractivity contribution in [3.05, 3.63) is 99.1 Å². The van der Waals surface area contributed by atoms with Gasteiger partial charge in [0.1, 0.15) is 22.5 Å². The summed E-state index contributed by atoms with van der Waals surface area (Å²) in [6, 6.07) is 21.2. The molecule has 0 radical (unpaired) electrons. The highest BCUT2D eigenvalue weighted by atomic mass is 35.5. The fourth-order valence-electron chi connectivity index (χ4n) is 4.53. The highest BCUT2D eigenvalue weighted by Gasteiger charge is 2.22. The van der Waals surface area contributed by atoms with Crippen LogP contribution in [-0.2, 0) is 6.54 Å². The van der Waals surface area contributed by atoms with Crippen molar-refractivity contribution in [3.8, 4) is 11.4 Å². The van der Waals surface area contributed by atoms with Crippen LogP contribution >= 0.6 is 11.6 Å². The van der Waals surface area contributed by atoms with Crippen molar-refractivity contribution in [3.63, 3.8) is 0 Å². The van der Waals surface area contributed by atoms with Crippen LogP contribution in [0.2, 0.25) is 5.02 Å². The zero-order valence-electron chi connectivity index (χ0n) is 20.0. The van der Waals surface area contributed by atoms with Crippen LogP contribution in [0.3, 0.4) is 0 Å². The lowest BCUT2D eigenvalue weighted by Gasteiger charge is -2.12. The van der Waals surface area contributed by atoms with Gasteiger partial charge in [0.15, 0.2) is 11.3 Å². The Morgan fingerprint density at radius 3 is 2.31 bits per heavy atom. The van der Waals surface area contributed by atoms with E-state index in [1.165, 1.54) is 5.56 Å². The van der Waals surface area contributed by atoms with Crippen LogP contribution in [0.15, 0.2) is 71.5 Å². The Morgan fingerprint density at radius 2 is 1.61 bits per heavy atom. The highest BCUT2D eigenvalue weighted by Crippen LogP contribution is 2.32. The summed E-state index contributed by atoms with van der Waals surface area (Å²) < 4.78 is 8.87. The number of rotatable bonds is 4. The fourth-order valence-corrected chi connectivity index (χ4v) is 4.78. The summed E-state index contributed by atoms with van der Waals surface area (Å²) in [4.78, 5) is 28.6. The first-order valence-electron chi connectivity index (χ1n) is 11.5. The van der Waals surface area contributed by atoms with Crippen LogP contribution < -0.4 is 10.3 Å². The van der Waals surface area contributed by atoms with Gasteiger partial charge in [-0.3, -0.25) is 13.9 Å². The SMILES string of the molecule is COc1ccc(-n2c3nc4ccccc4nc3c3c(=O)n(Cc4ccc(C)cc4)c(C)nc32)cc1Cl. The maximum atomic E-state index is 14.0. The Bertz CT molecular complexity index is 1860. The van der Waals surface area contributed by atoms with Crippen molar-refractivity contribution in [1.82, 2.24) is 24.1 Å². The van der Waals surface area contributed by atoms with E-state index in [1.54, 1.807) is 23.8 Å². The van der Waals surface area contributed by atoms with Crippen molar-refractivity contribution < 1.29 is 4.74 Å². The predicted molar refractivity (Wildman–Crippen MR) is 143 cm³/mol. The molecule has 36 heavy (non-hydrogen) atoms. The predicted octanol–water partition coefficient (Wildman–Crippen LogP) is 5.61. The maximum Gasteiger partial charge on any atom is 0.265 e.